The zero-order valence-electron chi connectivity index (χ0n) is 12.3. The molecule has 118 valence electrons. The van der Waals surface area contributed by atoms with Gasteiger partial charge in [-0.05, 0) is 0 Å². The topological polar surface area (TPSA) is 51.2 Å². The molecule has 0 fully saturated rings. The summed E-state index contributed by atoms with van der Waals surface area (Å²) in [4.78, 5) is 36.9. The summed E-state index contributed by atoms with van der Waals surface area (Å²) in [5.41, 5.74) is 0.0822. The third-order valence-electron chi connectivity index (χ3n) is 3.34. The molecule has 3 nitrogen and oxygen atoms in total. The fourth-order valence-corrected chi connectivity index (χ4v) is 2.15. The molecule has 0 aliphatic rings. The summed E-state index contributed by atoms with van der Waals surface area (Å²) < 4.78 is 26.9. The van der Waals surface area contributed by atoms with E-state index in [1.165, 1.54) is 48.5 Å². The number of Topliss-reactive ketones (excluding diaryl/α,β-unsaturated/α-hetero) is 3. The predicted molar refractivity (Wildman–Crippen MR) is 80.7 cm³/mol. The van der Waals surface area contributed by atoms with Crippen molar-refractivity contribution in [3.63, 3.8) is 0 Å². The zero-order valence-corrected chi connectivity index (χ0v) is 12.3. The van der Waals surface area contributed by atoms with Gasteiger partial charge >= 0.3 is 5.92 Å². The van der Waals surface area contributed by atoms with E-state index in [-0.39, 0.29) is 11.1 Å². The van der Waals surface area contributed by atoms with Crippen molar-refractivity contribution in [3.8, 4) is 0 Å². The standard InChI is InChI=1S/C18H14F2O3/c1-18(19,20)17(23)14(15(21)12-8-4-2-5-9-12)16(22)13-10-6-3-7-11-13/h2-11,14H,1H3. The Morgan fingerprint density at radius 3 is 1.43 bits per heavy atom. The molecule has 0 amide bonds. The van der Waals surface area contributed by atoms with Crippen LogP contribution in [0.5, 0.6) is 0 Å². The number of ketones is 3. The first-order chi connectivity index (χ1) is 10.8. The van der Waals surface area contributed by atoms with Crippen LogP contribution in [0.2, 0.25) is 0 Å². The summed E-state index contributed by atoms with van der Waals surface area (Å²) in [5, 5.41) is 0. The first-order valence-corrected chi connectivity index (χ1v) is 6.93. The van der Waals surface area contributed by atoms with Crippen LogP contribution in [0.4, 0.5) is 8.78 Å². The van der Waals surface area contributed by atoms with Crippen molar-refractivity contribution < 1.29 is 23.2 Å². The van der Waals surface area contributed by atoms with Crippen LogP contribution in [0.25, 0.3) is 0 Å². The van der Waals surface area contributed by atoms with Crippen LogP contribution in [0.15, 0.2) is 60.7 Å². The van der Waals surface area contributed by atoms with E-state index in [1.54, 1.807) is 12.1 Å². The second kappa shape index (κ2) is 6.60. The van der Waals surface area contributed by atoms with E-state index >= 15 is 0 Å². The lowest BCUT2D eigenvalue weighted by molar-refractivity contribution is -0.142. The molecule has 23 heavy (non-hydrogen) atoms. The van der Waals surface area contributed by atoms with Crippen LogP contribution in [0, 0.1) is 5.92 Å². The van der Waals surface area contributed by atoms with Gasteiger partial charge in [-0.25, -0.2) is 0 Å². The average molecular weight is 316 g/mol. The lowest BCUT2D eigenvalue weighted by atomic mass is 9.85. The molecular weight excluding hydrogens is 302 g/mol. The van der Waals surface area contributed by atoms with Crippen molar-refractivity contribution >= 4 is 17.3 Å². The summed E-state index contributed by atoms with van der Waals surface area (Å²) >= 11 is 0. The summed E-state index contributed by atoms with van der Waals surface area (Å²) in [7, 11) is 0. The van der Waals surface area contributed by atoms with Gasteiger partial charge in [0.2, 0.25) is 5.78 Å². The average Bonchev–Trinajstić information content (AvgIpc) is 2.55. The van der Waals surface area contributed by atoms with E-state index in [9.17, 15) is 23.2 Å². The van der Waals surface area contributed by atoms with E-state index in [0.29, 0.717) is 6.92 Å². The van der Waals surface area contributed by atoms with Gasteiger partial charge in [-0.15, -0.1) is 0 Å². The van der Waals surface area contributed by atoms with Crippen LogP contribution in [0.1, 0.15) is 27.6 Å². The summed E-state index contributed by atoms with van der Waals surface area (Å²) in [6.45, 7) is 0.388. The quantitative estimate of drug-likeness (QED) is 0.604. The van der Waals surface area contributed by atoms with Gasteiger partial charge in [0.15, 0.2) is 17.5 Å². The lowest BCUT2D eigenvalue weighted by Crippen LogP contribution is -2.41. The van der Waals surface area contributed by atoms with Gasteiger partial charge in [0.05, 0.1) is 0 Å². The minimum absolute atomic E-state index is 0.0411. The molecule has 0 saturated heterocycles. The molecule has 5 heteroatoms. The number of rotatable bonds is 6. The third kappa shape index (κ3) is 3.74. The smallest absolute Gasteiger partial charge is 0.293 e. The van der Waals surface area contributed by atoms with Crippen LogP contribution < -0.4 is 0 Å². The molecule has 2 aromatic rings. The monoisotopic (exact) mass is 316 g/mol. The molecule has 0 N–H and O–H groups in total. The Bertz CT molecular complexity index is 667. The molecule has 0 bridgehead atoms. The molecular formula is C18H14F2O3. The molecule has 0 spiro atoms. The van der Waals surface area contributed by atoms with E-state index in [2.05, 4.69) is 0 Å². The van der Waals surface area contributed by atoms with Gasteiger partial charge in [-0.2, -0.15) is 8.78 Å². The second-order valence-electron chi connectivity index (χ2n) is 5.15. The summed E-state index contributed by atoms with van der Waals surface area (Å²) in [6, 6.07) is 14.9. The third-order valence-corrected chi connectivity index (χ3v) is 3.34. The Morgan fingerprint density at radius 1 is 0.783 bits per heavy atom. The lowest BCUT2D eigenvalue weighted by Gasteiger charge is -2.18. The number of alkyl halides is 2. The number of carbonyl (C=O) groups is 3. The highest BCUT2D eigenvalue weighted by atomic mass is 19.3. The molecule has 0 aromatic heterocycles. The van der Waals surface area contributed by atoms with E-state index in [0.717, 1.165) is 0 Å². The highest BCUT2D eigenvalue weighted by molar-refractivity contribution is 6.29. The maximum absolute atomic E-state index is 13.5. The Kier molecular flexibility index (Phi) is 4.79. The zero-order chi connectivity index (χ0) is 17.0. The summed E-state index contributed by atoms with van der Waals surface area (Å²) in [6.07, 6.45) is 0. The van der Waals surface area contributed by atoms with Crippen molar-refractivity contribution in [2.45, 2.75) is 12.8 Å². The Labute approximate surface area is 131 Å². The molecule has 0 heterocycles. The van der Waals surface area contributed by atoms with Crippen LogP contribution >= 0.6 is 0 Å². The first-order valence-electron chi connectivity index (χ1n) is 6.93. The van der Waals surface area contributed by atoms with Gasteiger partial charge in [-0.1, -0.05) is 60.7 Å². The number of carbonyl (C=O) groups excluding carboxylic acids is 3. The van der Waals surface area contributed by atoms with Crippen LogP contribution in [0.3, 0.4) is 0 Å². The van der Waals surface area contributed by atoms with Crippen molar-refractivity contribution in [2.75, 3.05) is 0 Å². The Balaban J connectivity index is 2.47. The van der Waals surface area contributed by atoms with Crippen molar-refractivity contribution in [3.05, 3.63) is 71.8 Å². The number of hydrogen-bond donors (Lipinski definition) is 0. The molecule has 0 aliphatic heterocycles. The Hall–Kier alpha value is -2.69. The van der Waals surface area contributed by atoms with E-state index < -0.39 is 29.2 Å². The predicted octanol–water partition coefficient (Wildman–Crippen LogP) is 3.59. The van der Waals surface area contributed by atoms with E-state index in [4.69, 9.17) is 0 Å². The largest absolute Gasteiger partial charge is 0.303 e. The molecule has 0 radical (unpaired) electrons. The van der Waals surface area contributed by atoms with E-state index in [1.807, 2.05) is 0 Å². The molecule has 0 atom stereocenters. The minimum Gasteiger partial charge on any atom is -0.293 e. The van der Waals surface area contributed by atoms with Gasteiger partial charge in [-0.3, -0.25) is 14.4 Å². The molecule has 2 rings (SSSR count). The number of benzene rings is 2. The SMILES string of the molecule is CC(F)(F)C(=O)C(C(=O)c1ccccc1)C(=O)c1ccccc1. The highest BCUT2D eigenvalue weighted by Gasteiger charge is 2.45. The van der Waals surface area contributed by atoms with Crippen LogP contribution in [-0.4, -0.2) is 23.3 Å². The maximum atomic E-state index is 13.5. The molecule has 0 saturated carbocycles. The second-order valence-corrected chi connectivity index (χ2v) is 5.15. The fraction of sp³-hybridized carbons (Fsp3) is 0.167. The van der Waals surface area contributed by atoms with Crippen molar-refractivity contribution in [2.24, 2.45) is 5.92 Å². The van der Waals surface area contributed by atoms with Crippen molar-refractivity contribution in [1.29, 1.82) is 0 Å². The van der Waals surface area contributed by atoms with Crippen molar-refractivity contribution in [1.82, 2.24) is 0 Å². The maximum Gasteiger partial charge on any atom is 0.303 e. The highest BCUT2D eigenvalue weighted by Crippen LogP contribution is 2.24. The minimum atomic E-state index is -3.78. The number of hydrogen-bond acceptors (Lipinski definition) is 3. The normalized spacial score (nSPS) is 11.3. The molecule has 0 aliphatic carbocycles. The first kappa shape index (κ1) is 16.7. The molecule has 0 unspecified atom stereocenters. The molecule has 2 aromatic carbocycles. The van der Waals surface area contributed by atoms with Gasteiger partial charge in [0, 0.05) is 18.1 Å². The number of halogens is 2. The van der Waals surface area contributed by atoms with Gasteiger partial charge in [0.25, 0.3) is 0 Å². The Morgan fingerprint density at radius 2 is 1.13 bits per heavy atom. The summed E-state index contributed by atoms with van der Waals surface area (Å²) in [5.74, 6) is -9.38. The van der Waals surface area contributed by atoms with Gasteiger partial charge < -0.3 is 0 Å². The van der Waals surface area contributed by atoms with Crippen LogP contribution in [-0.2, 0) is 4.79 Å². The van der Waals surface area contributed by atoms with Gasteiger partial charge in [0.1, 0.15) is 0 Å². The fourth-order valence-electron chi connectivity index (χ4n) is 2.15.